The van der Waals surface area contributed by atoms with Crippen LogP contribution in [0.1, 0.15) is 21.6 Å². The highest BCUT2D eigenvalue weighted by Gasteiger charge is 2.18. The molecule has 0 fully saturated rings. The molecule has 0 spiro atoms. The first-order valence-corrected chi connectivity index (χ1v) is 6.59. The second kappa shape index (κ2) is 5.57. The second-order valence-corrected chi connectivity index (χ2v) is 4.81. The molecule has 0 saturated carbocycles. The maximum absolute atomic E-state index is 13.6. The summed E-state index contributed by atoms with van der Waals surface area (Å²) in [6.07, 6.45) is 2.33. The topological polar surface area (TPSA) is 54.0 Å². The molecule has 21 heavy (non-hydrogen) atoms. The highest BCUT2D eigenvalue weighted by molar-refractivity contribution is 6.04. The van der Waals surface area contributed by atoms with E-state index in [1.54, 1.807) is 6.07 Å². The molecule has 1 aliphatic rings. The number of rotatable bonds is 2. The van der Waals surface area contributed by atoms with Gasteiger partial charge >= 0.3 is 0 Å². The first kappa shape index (κ1) is 13.6. The highest BCUT2D eigenvalue weighted by Crippen LogP contribution is 2.18. The highest BCUT2D eigenvalue weighted by atomic mass is 19.1. The minimum absolute atomic E-state index is 0.421. The van der Waals surface area contributed by atoms with Gasteiger partial charge < -0.3 is 10.6 Å². The van der Waals surface area contributed by atoms with Crippen LogP contribution in [0.4, 0.5) is 14.5 Å². The minimum atomic E-state index is -0.889. The lowest BCUT2D eigenvalue weighted by atomic mass is 10.1. The molecule has 108 valence electrons. The monoisotopic (exact) mass is 289 g/mol. The number of carbonyl (C=O) groups is 1. The number of halogens is 2. The van der Waals surface area contributed by atoms with Gasteiger partial charge in [0.15, 0.2) is 0 Å². The van der Waals surface area contributed by atoms with Gasteiger partial charge in [-0.2, -0.15) is 0 Å². The number of aromatic nitrogens is 1. The molecule has 0 saturated heterocycles. The van der Waals surface area contributed by atoms with E-state index in [1.807, 2.05) is 0 Å². The number of pyridine rings is 1. The van der Waals surface area contributed by atoms with Gasteiger partial charge in [0.05, 0.1) is 11.9 Å². The lowest BCUT2D eigenvalue weighted by Gasteiger charge is -2.17. The summed E-state index contributed by atoms with van der Waals surface area (Å²) in [4.78, 5) is 16.3. The number of carbonyl (C=O) groups excluding carboxylic acids is 1. The molecule has 0 atom stereocenters. The van der Waals surface area contributed by atoms with Crippen molar-refractivity contribution in [2.24, 2.45) is 0 Å². The predicted molar refractivity (Wildman–Crippen MR) is 74.0 cm³/mol. The van der Waals surface area contributed by atoms with Crippen LogP contribution in [0, 0.1) is 11.6 Å². The van der Waals surface area contributed by atoms with Crippen LogP contribution in [0.25, 0.3) is 0 Å². The number of fused-ring (bicyclic) bond motifs is 1. The molecule has 0 aliphatic carbocycles. The Balaban J connectivity index is 1.85. The first-order valence-electron chi connectivity index (χ1n) is 6.59. The van der Waals surface area contributed by atoms with Crippen molar-refractivity contribution in [3.05, 3.63) is 58.9 Å². The molecule has 1 aliphatic heterocycles. The van der Waals surface area contributed by atoms with Crippen molar-refractivity contribution >= 4 is 11.6 Å². The van der Waals surface area contributed by atoms with E-state index in [1.165, 1.54) is 12.3 Å². The Morgan fingerprint density at radius 1 is 1.29 bits per heavy atom. The van der Waals surface area contributed by atoms with Crippen LogP contribution in [-0.4, -0.2) is 17.4 Å². The van der Waals surface area contributed by atoms with E-state index in [2.05, 4.69) is 15.6 Å². The SMILES string of the molecule is O=C(Nc1cnc2c(c1)CNCC2)c1c(F)cccc1F. The molecule has 3 rings (SSSR count). The van der Waals surface area contributed by atoms with Gasteiger partial charge in [-0.3, -0.25) is 9.78 Å². The summed E-state index contributed by atoms with van der Waals surface area (Å²) in [7, 11) is 0. The van der Waals surface area contributed by atoms with Gasteiger partial charge in [0.25, 0.3) is 5.91 Å². The van der Waals surface area contributed by atoms with E-state index < -0.39 is 23.1 Å². The fraction of sp³-hybridized carbons (Fsp3) is 0.200. The van der Waals surface area contributed by atoms with Crippen LogP contribution in [0.15, 0.2) is 30.5 Å². The number of hydrogen-bond acceptors (Lipinski definition) is 3. The van der Waals surface area contributed by atoms with Gasteiger partial charge in [0, 0.05) is 25.2 Å². The number of anilines is 1. The summed E-state index contributed by atoms with van der Waals surface area (Å²) in [5, 5.41) is 5.68. The molecular weight excluding hydrogens is 276 g/mol. The molecule has 0 unspecified atom stereocenters. The average molecular weight is 289 g/mol. The summed E-state index contributed by atoms with van der Waals surface area (Å²) in [5.41, 5.74) is 1.79. The van der Waals surface area contributed by atoms with E-state index in [0.717, 1.165) is 36.4 Å². The molecule has 2 aromatic rings. The lowest BCUT2D eigenvalue weighted by Crippen LogP contribution is -2.25. The molecule has 1 aromatic carbocycles. The fourth-order valence-corrected chi connectivity index (χ4v) is 2.32. The maximum atomic E-state index is 13.6. The minimum Gasteiger partial charge on any atom is -0.320 e. The van der Waals surface area contributed by atoms with Crippen LogP contribution in [0.3, 0.4) is 0 Å². The Bertz CT molecular complexity index is 683. The molecule has 0 bridgehead atoms. The standard InChI is InChI=1S/C15H13F2N3O/c16-11-2-1-3-12(17)14(11)15(21)20-10-6-9-7-18-5-4-13(9)19-8-10/h1-3,6,8,18H,4-5,7H2,(H,20,21). The molecule has 2 heterocycles. The summed E-state index contributed by atoms with van der Waals surface area (Å²) >= 11 is 0. The van der Waals surface area contributed by atoms with Gasteiger partial charge in [-0.1, -0.05) is 6.07 Å². The van der Waals surface area contributed by atoms with Crippen molar-refractivity contribution in [3.63, 3.8) is 0 Å². The predicted octanol–water partition coefficient (Wildman–Crippen LogP) is 2.26. The van der Waals surface area contributed by atoms with Crippen molar-refractivity contribution < 1.29 is 13.6 Å². The molecular formula is C15H13F2N3O. The Hall–Kier alpha value is -2.34. The Kier molecular flexibility index (Phi) is 3.62. The zero-order chi connectivity index (χ0) is 14.8. The van der Waals surface area contributed by atoms with Crippen LogP contribution < -0.4 is 10.6 Å². The normalized spacial score (nSPS) is 13.6. The zero-order valence-corrected chi connectivity index (χ0v) is 11.1. The van der Waals surface area contributed by atoms with Gasteiger partial charge in [-0.15, -0.1) is 0 Å². The van der Waals surface area contributed by atoms with E-state index >= 15 is 0 Å². The first-order chi connectivity index (χ1) is 10.1. The molecule has 1 amide bonds. The molecule has 4 nitrogen and oxygen atoms in total. The summed E-state index contributed by atoms with van der Waals surface area (Å²) < 4.78 is 27.1. The third kappa shape index (κ3) is 2.75. The van der Waals surface area contributed by atoms with Crippen LogP contribution in [0.2, 0.25) is 0 Å². The van der Waals surface area contributed by atoms with Crippen LogP contribution >= 0.6 is 0 Å². The molecule has 1 aromatic heterocycles. The Morgan fingerprint density at radius 3 is 2.81 bits per heavy atom. The van der Waals surface area contributed by atoms with Crippen molar-refractivity contribution in [2.45, 2.75) is 13.0 Å². The van der Waals surface area contributed by atoms with Gasteiger partial charge in [0.2, 0.25) is 0 Å². The van der Waals surface area contributed by atoms with E-state index in [4.69, 9.17) is 0 Å². The zero-order valence-electron chi connectivity index (χ0n) is 11.1. The number of hydrogen-bond donors (Lipinski definition) is 2. The van der Waals surface area contributed by atoms with E-state index in [9.17, 15) is 13.6 Å². The van der Waals surface area contributed by atoms with Crippen molar-refractivity contribution in [3.8, 4) is 0 Å². The fourth-order valence-electron chi connectivity index (χ4n) is 2.32. The molecule has 0 radical (unpaired) electrons. The second-order valence-electron chi connectivity index (χ2n) is 4.81. The van der Waals surface area contributed by atoms with Crippen molar-refractivity contribution in [1.29, 1.82) is 0 Å². The number of nitrogens with zero attached hydrogens (tertiary/aromatic N) is 1. The number of nitrogens with one attached hydrogen (secondary N) is 2. The van der Waals surface area contributed by atoms with Crippen LogP contribution in [0.5, 0.6) is 0 Å². The van der Waals surface area contributed by atoms with Crippen molar-refractivity contribution in [1.82, 2.24) is 10.3 Å². The largest absolute Gasteiger partial charge is 0.320 e. The van der Waals surface area contributed by atoms with Gasteiger partial charge in [0.1, 0.15) is 17.2 Å². The van der Waals surface area contributed by atoms with Gasteiger partial charge in [-0.25, -0.2) is 8.78 Å². The summed E-state index contributed by atoms with van der Waals surface area (Å²) in [6, 6.07) is 5.08. The van der Waals surface area contributed by atoms with Crippen molar-refractivity contribution in [2.75, 3.05) is 11.9 Å². The summed E-state index contributed by atoms with van der Waals surface area (Å²) in [6.45, 7) is 1.53. The Morgan fingerprint density at radius 2 is 2.05 bits per heavy atom. The van der Waals surface area contributed by atoms with E-state index in [0.29, 0.717) is 12.2 Å². The smallest absolute Gasteiger partial charge is 0.261 e. The molecule has 2 N–H and O–H groups in total. The molecule has 6 heteroatoms. The third-order valence-corrected chi connectivity index (χ3v) is 3.36. The quantitative estimate of drug-likeness (QED) is 0.891. The maximum Gasteiger partial charge on any atom is 0.261 e. The lowest BCUT2D eigenvalue weighted by molar-refractivity contribution is 0.101. The Labute approximate surface area is 120 Å². The van der Waals surface area contributed by atoms with E-state index in [-0.39, 0.29) is 0 Å². The third-order valence-electron chi connectivity index (χ3n) is 3.36. The average Bonchev–Trinajstić information content (AvgIpc) is 2.47. The number of benzene rings is 1. The van der Waals surface area contributed by atoms with Crippen LogP contribution in [-0.2, 0) is 13.0 Å². The summed E-state index contributed by atoms with van der Waals surface area (Å²) in [5.74, 6) is -2.60. The number of amides is 1. The van der Waals surface area contributed by atoms with Gasteiger partial charge in [-0.05, 0) is 23.8 Å².